The Bertz CT molecular complexity index is 336. The molecule has 0 heterocycles. The molecule has 74 valence electrons. The van der Waals surface area contributed by atoms with Crippen molar-refractivity contribution in [3.8, 4) is 0 Å². The summed E-state index contributed by atoms with van der Waals surface area (Å²) >= 11 is 3.34. The van der Waals surface area contributed by atoms with E-state index >= 15 is 0 Å². The van der Waals surface area contributed by atoms with Crippen LogP contribution < -0.4 is 5.32 Å². The van der Waals surface area contributed by atoms with Crippen LogP contribution >= 0.6 is 15.9 Å². The first-order chi connectivity index (χ1) is 6.72. The minimum atomic E-state index is 0.0167. The Morgan fingerprint density at radius 1 is 1.57 bits per heavy atom. The number of anilines is 1. The van der Waals surface area contributed by atoms with E-state index in [1.165, 1.54) is 0 Å². The zero-order valence-electron chi connectivity index (χ0n) is 7.79. The van der Waals surface area contributed by atoms with Crippen LogP contribution in [-0.2, 0) is 4.79 Å². The SMILES string of the molecule is C=CCCC(=O)Nc1cccc(Br)c1. The van der Waals surface area contributed by atoms with Crippen LogP contribution in [0.15, 0.2) is 41.4 Å². The predicted molar refractivity (Wildman–Crippen MR) is 62.2 cm³/mol. The molecule has 1 aromatic rings. The average molecular weight is 254 g/mol. The van der Waals surface area contributed by atoms with Gasteiger partial charge in [0.15, 0.2) is 0 Å². The number of carbonyl (C=O) groups excluding carboxylic acids is 1. The fraction of sp³-hybridized carbons (Fsp3) is 0.182. The van der Waals surface area contributed by atoms with Gasteiger partial charge in [-0.15, -0.1) is 6.58 Å². The van der Waals surface area contributed by atoms with Gasteiger partial charge in [0, 0.05) is 16.6 Å². The fourth-order valence-electron chi connectivity index (χ4n) is 1.02. The summed E-state index contributed by atoms with van der Waals surface area (Å²) in [5, 5.41) is 2.80. The van der Waals surface area contributed by atoms with Gasteiger partial charge in [-0.05, 0) is 24.6 Å². The van der Waals surface area contributed by atoms with Gasteiger partial charge in [-0.1, -0.05) is 28.1 Å². The number of rotatable bonds is 4. The normalized spacial score (nSPS) is 9.50. The van der Waals surface area contributed by atoms with Crippen LogP contribution in [0.3, 0.4) is 0 Å². The number of hydrogen-bond acceptors (Lipinski definition) is 1. The van der Waals surface area contributed by atoms with Crippen LogP contribution in [0.4, 0.5) is 5.69 Å². The molecule has 0 atom stereocenters. The van der Waals surface area contributed by atoms with E-state index in [1.54, 1.807) is 6.08 Å². The van der Waals surface area contributed by atoms with Gasteiger partial charge < -0.3 is 5.32 Å². The van der Waals surface area contributed by atoms with Crippen molar-refractivity contribution < 1.29 is 4.79 Å². The van der Waals surface area contributed by atoms with Crippen LogP contribution in [-0.4, -0.2) is 5.91 Å². The van der Waals surface area contributed by atoms with Crippen molar-refractivity contribution in [1.82, 2.24) is 0 Å². The third-order valence-corrected chi connectivity index (χ3v) is 2.18. The largest absolute Gasteiger partial charge is 0.326 e. The van der Waals surface area contributed by atoms with E-state index in [-0.39, 0.29) is 5.91 Å². The van der Waals surface area contributed by atoms with E-state index in [0.29, 0.717) is 12.8 Å². The molecule has 0 aliphatic carbocycles. The quantitative estimate of drug-likeness (QED) is 0.820. The second kappa shape index (κ2) is 5.60. The van der Waals surface area contributed by atoms with Crippen LogP contribution in [0.2, 0.25) is 0 Å². The molecule has 1 aromatic carbocycles. The summed E-state index contributed by atoms with van der Waals surface area (Å²) in [7, 11) is 0. The minimum absolute atomic E-state index is 0.0167. The minimum Gasteiger partial charge on any atom is -0.326 e. The van der Waals surface area contributed by atoms with E-state index in [1.807, 2.05) is 24.3 Å². The van der Waals surface area contributed by atoms with E-state index in [0.717, 1.165) is 10.2 Å². The van der Waals surface area contributed by atoms with E-state index in [9.17, 15) is 4.79 Å². The Morgan fingerprint density at radius 2 is 2.36 bits per heavy atom. The molecular weight excluding hydrogens is 242 g/mol. The van der Waals surface area contributed by atoms with Crippen molar-refractivity contribution in [2.24, 2.45) is 0 Å². The van der Waals surface area contributed by atoms with Gasteiger partial charge >= 0.3 is 0 Å². The molecule has 14 heavy (non-hydrogen) atoms. The summed E-state index contributed by atoms with van der Waals surface area (Å²) in [6.45, 7) is 3.57. The summed E-state index contributed by atoms with van der Waals surface area (Å²) in [5.74, 6) is 0.0167. The number of benzene rings is 1. The van der Waals surface area contributed by atoms with Crippen molar-refractivity contribution in [1.29, 1.82) is 0 Å². The monoisotopic (exact) mass is 253 g/mol. The second-order valence-electron chi connectivity index (χ2n) is 2.89. The highest BCUT2D eigenvalue weighted by Crippen LogP contribution is 2.15. The summed E-state index contributed by atoms with van der Waals surface area (Å²) in [4.78, 5) is 11.3. The number of allylic oxidation sites excluding steroid dienone is 1. The topological polar surface area (TPSA) is 29.1 Å². The molecule has 0 aliphatic heterocycles. The molecular formula is C11H12BrNO. The van der Waals surface area contributed by atoms with Gasteiger partial charge in [0.05, 0.1) is 0 Å². The molecule has 0 saturated heterocycles. The fourth-order valence-corrected chi connectivity index (χ4v) is 1.42. The van der Waals surface area contributed by atoms with Crippen LogP contribution in [0.1, 0.15) is 12.8 Å². The summed E-state index contributed by atoms with van der Waals surface area (Å²) in [6, 6.07) is 7.52. The molecule has 0 bridgehead atoms. The summed E-state index contributed by atoms with van der Waals surface area (Å²) in [6.07, 6.45) is 2.93. The predicted octanol–water partition coefficient (Wildman–Crippen LogP) is 3.35. The first-order valence-electron chi connectivity index (χ1n) is 4.38. The van der Waals surface area contributed by atoms with Crippen LogP contribution in [0, 0.1) is 0 Å². The smallest absolute Gasteiger partial charge is 0.224 e. The van der Waals surface area contributed by atoms with Gasteiger partial charge in [0.1, 0.15) is 0 Å². The van der Waals surface area contributed by atoms with Gasteiger partial charge in [-0.25, -0.2) is 0 Å². The average Bonchev–Trinajstić information content (AvgIpc) is 2.15. The molecule has 1 rings (SSSR count). The van der Waals surface area contributed by atoms with Crippen molar-refractivity contribution in [3.63, 3.8) is 0 Å². The third-order valence-electron chi connectivity index (χ3n) is 1.68. The van der Waals surface area contributed by atoms with Crippen molar-refractivity contribution >= 4 is 27.5 Å². The third kappa shape index (κ3) is 3.75. The van der Waals surface area contributed by atoms with Gasteiger partial charge in [-0.3, -0.25) is 4.79 Å². The van der Waals surface area contributed by atoms with Gasteiger partial charge in [0.25, 0.3) is 0 Å². The molecule has 0 aromatic heterocycles. The zero-order valence-corrected chi connectivity index (χ0v) is 9.38. The van der Waals surface area contributed by atoms with Crippen LogP contribution in [0.5, 0.6) is 0 Å². The Balaban J connectivity index is 2.51. The second-order valence-corrected chi connectivity index (χ2v) is 3.80. The van der Waals surface area contributed by atoms with Crippen molar-refractivity contribution in [3.05, 3.63) is 41.4 Å². The van der Waals surface area contributed by atoms with Gasteiger partial charge in [-0.2, -0.15) is 0 Å². The molecule has 3 heteroatoms. The number of hydrogen-bond donors (Lipinski definition) is 1. The maximum absolute atomic E-state index is 11.3. The highest BCUT2D eigenvalue weighted by atomic mass is 79.9. The molecule has 0 spiro atoms. The highest BCUT2D eigenvalue weighted by Gasteiger charge is 2.00. The maximum atomic E-state index is 11.3. The molecule has 0 radical (unpaired) electrons. The Kier molecular flexibility index (Phi) is 4.40. The van der Waals surface area contributed by atoms with Gasteiger partial charge in [0.2, 0.25) is 5.91 Å². The number of carbonyl (C=O) groups is 1. The maximum Gasteiger partial charge on any atom is 0.224 e. The first kappa shape index (κ1) is 11.0. The van der Waals surface area contributed by atoms with Crippen molar-refractivity contribution in [2.75, 3.05) is 5.32 Å². The van der Waals surface area contributed by atoms with E-state index < -0.39 is 0 Å². The lowest BCUT2D eigenvalue weighted by molar-refractivity contribution is -0.116. The molecule has 0 saturated carbocycles. The lowest BCUT2D eigenvalue weighted by atomic mass is 10.2. The van der Waals surface area contributed by atoms with Crippen LogP contribution in [0.25, 0.3) is 0 Å². The molecule has 1 amide bonds. The lowest BCUT2D eigenvalue weighted by Gasteiger charge is -2.03. The number of amides is 1. The number of nitrogens with one attached hydrogen (secondary N) is 1. The Labute approximate surface area is 92.1 Å². The lowest BCUT2D eigenvalue weighted by Crippen LogP contribution is -2.10. The highest BCUT2D eigenvalue weighted by molar-refractivity contribution is 9.10. The molecule has 0 aliphatic rings. The molecule has 1 N–H and O–H groups in total. The standard InChI is InChI=1S/C11H12BrNO/c1-2-3-7-11(14)13-10-6-4-5-9(12)8-10/h2,4-6,8H,1,3,7H2,(H,13,14). The summed E-state index contributed by atoms with van der Waals surface area (Å²) in [5.41, 5.74) is 0.813. The molecule has 2 nitrogen and oxygen atoms in total. The Hall–Kier alpha value is -1.09. The van der Waals surface area contributed by atoms with Crippen molar-refractivity contribution in [2.45, 2.75) is 12.8 Å². The number of halogens is 1. The van der Waals surface area contributed by atoms with E-state index in [4.69, 9.17) is 0 Å². The molecule has 0 fully saturated rings. The Morgan fingerprint density at radius 3 is 3.00 bits per heavy atom. The summed E-state index contributed by atoms with van der Waals surface area (Å²) < 4.78 is 0.957. The zero-order chi connectivity index (χ0) is 10.4. The molecule has 0 unspecified atom stereocenters. The first-order valence-corrected chi connectivity index (χ1v) is 5.18. The van der Waals surface area contributed by atoms with E-state index in [2.05, 4.69) is 27.8 Å².